The second-order valence-electron chi connectivity index (χ2n) is 3.63. The summed E-state index contributed by atoms with van der Waals surface area (Å²) in [5.74, 6) is 3.25. The van der Waals surface area contributed by atoms with Crippen LogP contribution in [0.2, 0.25) is 0 Å². The lowest BCUT2D eigenvalue weighted by atomic mass is 10.4. The third-order valence-corrected chi connectivity index (χ3v) is 2.98. The topological polar surface area (TPSA) is 63.9 Å². The first-order valence-corrected chi connectivity index (χ1v) is 6.55. The molecule has 2 rings (SSSR count). The van der Waals surface area contributed by atoms with Crippen molar-refractivity contribution >= 4 is 23.9 Å². The molecule has 0 unspecified atom stereocenters. The maximum absolute atomic E-state index is 5.42. The molecule has 2 aromatic heterocycles. The van der Waals surface area contributed by atoms with Crippen molar-refractivity contribution in [2.75, 3.05) is 19.5 Å². The normalized spacial score (nSPS) is 11.4. The fraction of sp³-hybridized carbons (Fsp3) is 0.333. The SMILES string of the molecule is COCCSc1n[nH]c(/C=C/c2ccc(C)o2)n1. The van der Waals surface area contributed by atoms with E-state index in [0.717, 1.165) is 22.4 Å². The van der Waals surface area contributed by atoms with Crippen LogP contribution in [0.1, 0.15) is 17.3 Å². The molecule has 0 radical (unpaired) electrons. The molecule has 0 aliphatic heterocycles. The van der Waals surface area contributed by atoms with Crippen LogP contribution in [0.25, 0.3) is 12.2 Å². The number of furan rings is 1. The Morgan fingerprint density at radius 2 is 2.33 bits per heavy atom. The van der Waals surface area contributed by atoms with Crippen LogP contribution in [0.5, 0.6) is 0 Å². The van der Waals surface area contributed by atoms with Crippen LogP contribution < -0.4 is 0 Å². The Morgan fingerprint density at radius 3 is 3.06 bits per heavy atom. The number of hydrogen-bond donors (Lipinski definition) is 1. The predicted molar refractivity (Wildman–Crippen MR) is 71.4 cm³/mol. The third-order valence-electron chi connectivity index (χ3n) is 2.17. The first-order chi connectivity index (χ1) is 8.78. The van der Waals surface area contributed by atoms with Crippen LogP contribution in [-0.4, -0.2) is 34.7 Å². The highest BCUT2D eigenvalue weighted by Gasteiger charge is 2.01. The number of hydrogen-bond acceptors (Lipinski definition) is 5. The standard InChI is InChI=1S/C12H15N3O2S/c1-9-3-4-10(17-9)5-6-11-13-12(15-14-11)18-8-7-16-2/h3-6H,7-8H2,1-2H3,(H,13,14,15)/b6-5+. The van der Waals surface area contributed by atoms with E-state index in [1.165, 1.54) is 0 Å². The largest absolute Gasteiger partial charge is 0.462 e. The molecule has 18 heavy (non-hydrogen) atoms. The van der Waals surface area contributed by atoms with Gasteiger partial charge in [0.05, 0.1) is 6.61 Å². The highest BCUT2D eigenvalue weighted by molar-refractivity contribution is 7.99. The Bertz CT molecular complexity index is 519. The van der Waals surface area contributed by atoms with E-state index in [0.29, 0.717) is 12.4 Å². The summed E-state index contributed by atoms with van der Waals surface area (Å²) in [5, 5.41) is 7.68. The number of nitrogens with zero attached hydrogens (tertiary/aromatic N) is 2. The number of H-pyrrole nitrogens is 1. The van der Waals surface area contributed by atoms with Crippen molar-refractivity contribution in [2.45, 2.75) is 12.1 Å². The number of aryl methyl sites for hydroxylation is 1. The summed E-state index contributed by atoms with van der Waals surface area (Å²) in [5.41, 5.74) is 0. The zero-order valence-corrected chi connectivity index (χ0v) is 11.2. The summed E-state index contributed by atoms with van der Waals surface area (Å²) >= 11 is 1.56. The number of methoxy groups -OCH3 is 1. The minimum atomic E-state index is 0.691. The number of aromatic nitrogens is 3. The van der Waals surface area contributed by atoms with Crippen molar-refractivity contribution < 1.29 is 9.15 Å². The Morgan fingerprint density at radius 1 is 1.44 bits per heavy atom. The molecule has 0 amide bonds. The first-order valence-electron chi connectivity index (χ1n) is 5.56. The molecule has 6 heteroatoms. The quantitative estimate of drug-likeness (QED) is 0.642. The summed E-state index contributed by atoms with van der Waals surface area (Å²) in [6, 6.07) is 3.84. The third kappa shape index (κ3) is 3.75. The average Bonchev–Trinajstić information content (AvgIpc) is 2.96. The van der Waals surface area contributed by atoms with Crippen LogP contribution in [-0.2, 0) is 4.74 Å². The molecule has 96 valence electrons. The molecule has 2 aromatic rings. The molecule has 0 saturated carbocycles. The van der Waals surface area contributed by atoms with E-state index < -0.39 is 0 Å². The van der Waals surface area contributed by atoms with Gasteiger partial charge >= 0.3 is 0 Å². The smallest absolute Gasteiger partial charge is 0.208 e. The number of rotatable bonds is 6. The molecular formula is C12H15N3O2S. The van der Waals surface area contributed by atoms with E-state index in [1.807, 2.05) is 31.2 Å². The van der Waals surface area contributed by atoms with E-state index in [-0.39, 0.29) is 0 Å². The number of aromatic amines is 1. The van der Waals surface area contributed by atoms with Crippen molar-refractivity contribution in [3.63, 3.8) is 0 Å². The van der Waals surface area contributed by atoms with Crippen molar-refractivity contribution in [2.24, 2.45) is 0 Å². The van der Waals surface area contributed by atoms with Gasteiger partial charge in [-0.2, -0.15) is 0 Å². The number of thioether (sulfide) groups is 1. The van der Waals surface area contributed by atoms with Gasteiger partial charge in [-0.05, 0) is 31.2 Å². The van der Waals surface area contributed by atoms with E-state index in [2.05, 4.69) is 15.2 Å². The van der Waals surface area contributed by atoms with E-state index in [9.17, 15) is 0 Å². The van der Waals surface area contributed by atoms with E-state index in [4.69, 9.17) is 9.15 Å². The molecule has 0 aliphatic rings. The molecule has 0 aromatic carbocycles. The van der Waals surface area contributed by atoms with E-state index >= 15 is 0 Å². The fourth-order valence-corrected chi connectivity index (χ4v) is 2.02. The van der Waals surface area contributed by atoms with Gasteiger partial charge < -0.3 is 9.15 Å². The van der Waals surface area contributed by atoms with Gasteiger partial charge in [0.1, 0.15) is 17.3 Å². The van der Waals surface area contributed by atoms with Gasteiger partial charge in [-0.3, -0.25) is 5.10 Å². The van der Waals surface area contributed by atoms with Crippen molar-refractivity contribution in [1.82, 2.24) is 15.2 Å². The predicted octanol–water partition coefficient (Wildman–Crippen LogP) is 2.62. The van der Waals surface area contributed by atoms with Gasteiger partial charge in [0.2, 0.25) is 5.16 Å². The minimum Gasteiger partial charge on any atom is -0.462 e. The molecule has 5 nitrogen and oxygen atoms in total. The van der Waals surface area contributed by atoms with Crippen LogP contribution in [0, 0.1) is 6.92 Å². The van der Waals surface area contributed by atoms with Gasteiger partial charge in [0, 0.05) is 12.9 Å². The van der Waals surface area contributed by atoms with Crippen LogP contribution >= 0.6 is 11.8 Å². The second kappa shape index (κ2) is 6.42. The zero-order valence-electron chi connectivity index (χ0n) is 10.3. The molecule has 0 fully saturated rings. The highest BCUT2D eigenvalue weighted by Crippen LogP contribution is 2.13. The van der Waals surface area contributed by atoms with Crippen LogP contribution in [0.4, 0.5) is 0 Å². The zero-order chi connectivity index (χ0) is 12.8. The van der Waals surface area contributed by atoms with Crippen LogP contribution in [0.15, 0.2) is 21.7 Å². The van der Waals surface area contributed by atoms with Gasteiger partial charge in [-0.25, -0.2) is 4.98 Å². The Labute approximate surface area is 110 Å². The number of nitrogens with one attached hydrogen (secondary N) is 1. The lowest BCUT2D eigenvalue weighted by molar-refractivity contribution is 0.218. The number of ether oxygens (including phenoxy) is 1. The Balaban J connectivity index is 1.91. The summed E-state index contributed by atoms with van der Waals surface area (Å²) in [6.45, 7) is 2.60. The highest BCUT2D eigenvalue weighted by atomic mass is 32.2. The Hall–Kier alpha value is -1.53. The average molecular weight is 265 g/mol. The molecule has 1 N–H and O–H groups in total. The lowest BCUT2D eigenvalue weighted by Crippen LogP contribution is -1.91. The molecule has 0 saturated heterocycles. The Kier molecular flexibility index (Phi) is 4.60. The summed E-state index contributed by atoms with van der Waals surface area (Å²) in [7, 11) is 1.68. The molecule has 0 aliphatic carbocycles. The summed E-state index contributed by atoms with van der Waals surface area (Å²) < 4.78 is 10.4. The molecule has 0 spiro atoms. The summed E-state index contributed by atoms with van der Waals surface area (Å²) in [6.07, 6.45) is 3.70. The fourth-order valence-electron chi connectivity index (χ4n) is 1.32. The van der Waals surface area contributed by atoms with E-state index in [1.54, 1.807) is 18.9 Å². The van der Waals surface area contributed by atoms with Crippen molar-refractivity contribution in [3.8, 4) is 0 Å². The van der Waals surface area contributed by atoms with Gasteiger partial charge in [0.15, 0.2) is 0 Å². The molecule has 0 atom stereocenters. The second-order valence-corrected chi connectivity index (χ2v) is 4.69. The van der Waals surface area contributed by atoms with Crippen LogP contribution in [0.3, 0.4) is 0 Å². The molecule has 0 bridgehead atoms. The monoisotopic (exact) mass is 265 g/mol. The molecule has 2 heterocycles. The summed E-state index contributed by atoms with van der Waals surface area (Å²) in [4.78, 5) is 4.32. The first kappa shape index (κ1) is 12.9. The van der Waals surface area contributed by atoms with Gasteiger partial charge in [-0.15, -0.1) is 5.10 Å². The maximum Gasteiger partial charge on any atom is 0.208 e. The van der Waals surface area contributed by atoms with Crippen molar-refractivity contribution in [1.29, 1.82) is 0 Å². The van der Waals surface area contributed by atoms with Gasteiger partial charge in [-0.1, -0.05) is 11.8 Å². The lowest BCUT2D eigenvalue weighted by Gasteiger charge is -1.93. The maximum atomic E-state index is 5.42. The minimum absolute atomic E-state index is 0.691. The van der Waals surface area contributed by atoms with Gasteiger partial charge in [0.25, 0.3) is 0 Å². The molecular weight excluding hydrogens is 250 g/mol. The van der Waals surface area contributed by atoms with Crippen molar-refractivity contribution in [3.05, 3.63) is 29.5 Å².